The number of hydrogen-bond acceptors (Lipinski definition) is 4. The van der Waals surface area contributed by atoms with Gasteiger partial charge >= 0.3 is 0 Å². The van der Waals surface area contributed by atoms with Crippen LogP contribution in [0.4, 0.5) is 0 Å². The van der Waals surface area contributed by atoms with Crippen LogP contribution in [-0.2, 0) is 4.79 Å². The Morgan fingerprint density at radius 3 is 2.67 bits per heavy atom. The molecule has 5 nitrogen and oxygen atoms in total. The summed E-state index contributed by atoms with van der Waals surface area (Å²) in [6.07, 6.45) is 0.450. The summed E-state index contributed by atoms with van der Waals surface area (Å²) in [5.41, 5.74) is 6.69. The summed E-state index contributed by atoms with van der Waals surface area (Å²) >= 11 is 0. The standard InChI is InChI=1S/C16H25N3O2/c1-13(14-4-3-5-15(12-14)21-2)18-8-10-19(11-9-18)16(20)6-7-17/h3-5,12-13H,6-11,17H2,1-2H3. The van der Waals surface area contributed by atoms with Gasteiger partial charge in [-0.2, -0.15) is 0 Å². The third kappa shape index (κ3) is 3.95. The number of methoxy groups -OCH3 is 1. The van der Waals surface area contributed by atoms with Gasteiger partial charge in [0.2, 0.25) is 5.91 Å². The second-order valence-corrected chi connectivity index (χ2v) is 5.41. The average molecular weight is 291 g/mol. The Balaban J connectivity index is 1.93. The summed E-state index contributed by atoms with van der Waals surface area (Å²) in [4.78, 5) is 16.2. The van der Waals surface area contributed by atoms with E-state index in [-0.39, 0.29) is 5.91 Å². The molecule has 0 saturated carbocycles. The predicted octanol–water partition coefficient (Wildman–Crippen LogP) is 1.25. The SMILES string of the molecule is COc1cccc(C(C)N2CCN(C(=O)CCN)CC2)c1. The fraction of sp³-hybridized carbons (Fsp3) is 0.562. The number of carbonyl (C=O) groups excluding carboxylic acids is 1. The number of ether oxygens (including phenoxy) is 1. The molecule has 1 aromatic rings. The molecule has 1 aliphatic rings. The lowest BCUT2D eigenvalue weighted by atomic mass is 10.1. The lowest BCUT2D eigenvalue weighted by Gasteiger charge is -2.38. The van der Waals surface area contributed by atoms with Crippen LogP contribution in [0.5, 0.6) is 5.75 Å². The molecule has 1 saturated heterocycles. The van der Waals surface area contributed by atoms with E-state index < -0.39 is 0 Å². The average Bonchev–Trinajstić information content (AvgIpc) is 2.54. The Labute approximate surface area is 126 Å². The van der Waals surface area contributed by atoms with Crippen molar-refractivity contribution in [2.45, 2.75) is 19.4 Å². The third-order valence-electron chi connectivity index (χ3n) is 4.15. The van der Waals surface area contributed by atoms with E-state index in [9.17, 15) is 4.79 Å². The summed E-state index contributed by atoms with van der Waals surface area (Å²) < 4.78 is 5.28. The van der Waals surface area contributed by atoms with Crippen LogP contribution in [0.2, 0.25) is 0 Å². The molecule has 1 aliphatic heterocycles. The van der Waals surface area contributed by atoms with Crippen LogP contribution in [0.1, 0.15) is 24.9 Å². The molecule has 0 radical (unpaired) electrons. The first-order chi connectivity index (χ1) is 10.2. The van der Waals surface area contributed by atoms with E-state index in [0.29, 0.717) is 19.0 Å². The maximum absolute atomic E-state index is 11.8. The molecule has 1 amide bonds. The van der Waals surface area contributed by atoms with Crippen LogP contribution in [0.25, 0.3) is 0 Å². The van der Waals surface area contributed by atoms with Gasteiger partial charge in [-0.1, -0.05) is 12.1 Å². The number of benzene rings is 1. The van der Waals surface area contributed by atoms with Crippen LogP contribution in [0.3, 0.4) is 0 Å². The molecule has 1 atom stereocenters. The minimum atomic E-state index is 0.172. The topological polar surface area (TPSA) is 58.8 Å². The van der Waals surface area contributed by atoms with Crippen molar-refractivity contribution in [1.29, 1.82) is 0 Å². The molecule has 0 bridgehead atoms. The van der Waals surface area contributed by atoms with Gasteiger partial charge in [-0.15, -0.1) is 0 Å². The van der Waals surface area contributed by atoms with Crippen molar-refractivity contribution in [3.05, 3.63) is 29.8 Å². The fourth-order valence-electron chi connectivity index (χ4n) is 2.75. The van der Waals surface area contributed by atoms with E-state index >= 15 is 0 Å². The molecule has 5 heteroatoms. The zero-order valence-electron chi connectivity index (χ0n) is 12.9. The Bertz CT molecular complexity index is 470. The number of rotatable bonds is 5. The first-order valence-corrected chi connectivity index (χ1v) is 7.51. The molecule has 2 rings (SSSR count). The number of amides is 1. The van der Waals surface area contributed by atoms with Crippen molar-refractivity contribution >= 4 is 5.91 Å². The summed E-state index contributed by atoms with van der Waals surface area (Å²) in [6.45, 7) is 6.00. The molecule has 2 N–H and O–H groups in total. The van der Waals surface area contributed by atoms with Crippen LogP contribution in [-0.4, -0.2) is 55.5 Å². The zero-order chi connectivity index (χ0) is 15.2. The van der Waals surface area contributed by atoms with E-state index in [1.54, 1.807) is 7.11 Å². The lowest BCUT2D eigenvalue weighted by molar-refractivity contribution is -0.133. The highest BCUT2D eigenvalue weighted by Gasteiger charge is 2.24. The van der Waals surface area contributed by atoms with Crippen molar-refractivity contribution < 1.29 is 9.53 Å². The molecule has 1 heterocycles. The van der Waals surface area contributed by atoms with Gasteiger partial charge in [0.25, 0.3) is 0 Å². The third-order valence-corrected chi connectivity index (χ3v) is 4.15. The first kappa shape index (κ1) is 15.8. The molecule has 0 aliphatic carbocycles. The maximum Gasteiger partial charge on any atom is 0.223 e. The monoisotopic (exact) mass is 291 g/mol. The molecule has 1 unspecified atom stereocenters. The number of hydrogen-bond donors (Lipinski definition) is 1. The Hall–Kier alpha value is -1.59. The molecule has 21 heavy (non-hydrogen) atoms. The van der Waals surface area contributed by atoms with Crippen LogP contribution >= 0.6 is 0 Å². The van der Waals surface area contributed by atoms with Gasteiger partial charge in [-0.05, 0) is 24.6 Å². The number of piperazine rings is 1. The van der Waals surface area contributed by atoms with Crippen LogP contribution in [0.15, 0.2) is 24.3 Å². The molecular formula is C16H25N3O2. The van der Waals surface area contributed by atoms with Crippen LogP contribution in [0, 0.1) is 0 Å². The Morgan fingerprint density at radius 1 is 1.33 bits per heavy atom. The highest BCUT2D eigenvalue weighted by Crippen LogP contribution is 2.24. The second kappa shape index (κ2) is 7.43. The minimum absolute atomic E-state index is 0.172. The second-order valence-electron chi connectivity index (χ2n) is 5.41. The van der Waals surface area contributed by atoms with Gasteiger partial charge in [0, 0.05) is 45.2 Å². The van der Waals surface area contributed by atoms with E-state index in [4.69, 9.17) is 10.5 Å². The Kier molecular flexibility index (Phi) is 5.59. The maximum atomic E-state index is 11.8. The predicted molar refractivity (Wildman–Crippen MR) is 83.2 cm³/mol. The quantitative estimate of drug-likeness (QED) is 0.887. The van der Waals surface area contributed by atoms with Crippen molar-refractivity contribution in [1.82, 2.24) is 9.80 Å². The molecule has 0 spiro atoms. The van der Waals surface area contributed by atoms with Crippen LogP contribution < -0.4 is 10.5 Å². The molecule has 116 valence electrons. The number of nitrogens with zero attached hydrogens (tertiary/aromatic N) is 2. The largest absolute Gasteiger partial charge is 0.497 e. The van der Waals surface area contributed by atoms with Gasteiger partial charge in [-0.3, -0.25) is 9.69 Å². The van der Waals surface area contributed by atoms with Crippen molar-refractivity contribution in [2.75, 3.05) is 39.8 Å². The van der Waals surface area contributed by atoms with Gasteiger partial charge < -0.3 is 15.4 Å². The van der Waals surface area contributed by atoms with Gasteiger partial charge in [-0.25, -0.2) is 0 Å². The zero-order valence-corrected chi connectivity index (χ0v) is 12.9. The summed E-state index contributed by atoms with van der Waals surface area (Å²) in [5, 5.41) is 0. The van der Waals surface area contributed by atoms with E-state index in [0.717, 1.165) is 31.9 Å². The summed E-state index contributed by atoms with van der Waals surface area (Å²) in [5.74, 6) is 1.06. The number of nitrogens with two attached hydrogens (primary N) is 1. The number of carbonyl (C=O) groups is 1. The fourth-order valence-corrected chi connectivity index (χ4v) is 2.75. The molecule has 0 aromatic heterocycles. The van der Waals surface area contributed by atoms with Gasteiger partial charge in [0.1, 0.15) is 5.75 Å². The summed E-state index contributed by atoms with van der Waals surface area (Å²) in [6, 6.07) is 8.51. The van der Waals surface area contributed by atoms with E-state index in [1.165, 1.54) is 5.56 Å². The van der Waals surface area contributed by atoms with E-state index in [1.807, 2.05) is 17.0 Å². The smallest absolute Gasteiger partial charge is 0.223 e. The highest BCUT2D eigenvalue weighted by atomic mass is 16.5. The van der Waals surface area contributed by atoms with Crippen molar-refractivity contribution in [3.8, 4) is 5.75 Å². The molecule has 1 aromatic carbocycles. The molecule has 1 fully saturated rings. The van der Waals surface area contributed by atoms with Gasteiger partial charge in [0.05, 0.1) is 7.11 Å². The lowest BCUT2D eigenvalue weighted by Crippen LogP contribution is -2.49. The minimum Gasteiger partial charge on any atom is -0.497 e. The van der Waals surface area contributed by atoms with Crippen molar-refractivity contribution in [2.24, 2.45) is 5.73 Å². The first-order valence-electron chi connectivity index (χ1n) is 7.51. The van der Waals surface area contributed by atoms with Crippen molar-refractivity contribution in [3.63, 3.8) is 0 Å². The normalized spacial score (nSPS) is 17.6. The van der Waals surface area contributed by atoms with E-state index in [2.05, 4.69) is 24.0 Å². The summed E-state index contributed by atoms with van der Waals surface area (Å²) in [7, 11) is 1.69. The van der Waals surface area contributed by atoms with Gasteiger partial charge in [0.15, 0.2) is 0 Å². The highest BCUT2D eigenvalue weighted by molar-refractivity contribution is 5.76. The molecular weight excluding hydrogens is 266 g/mol. The Morgan fingerprint density at radius 2 is 2.05 bits per heavy atom.